The second-order valence-corrected chi connectivity index (χ2v) is 8.92. The van der Waals surface area contributed by atoms with Gasteiger partial charge in [0, 0.05) is 21.2 Å². The molecule has 2 nitrogen and oxygen atoms in total. The number of halogens is 2. The van der Waals surface area contributed by atoms with Crippen molar-refractivity contribution < 1.29 is 14.1 Å². The monoisotopic (exact) mass is 374 g/mol. The molecule has 0 radical (unpaired) electrons. The first-order valence-corrected chi connectivity index (χ1v) is 9.98. The van der Waals surface area contributed by atoms with Crippen LogP contribution in [0.5, 0.6) is 0 Å². The van der Waals surface area contributed by atoms with Crippen LogP contribution in [0.15, 0.2) is 84.9 Å². The number of rotatable bonds is 5. The molecule has 2 atom stereocenters. The first kappa shape index (κ1) is 17.9. The minimum atomic E-state index is -3.73. The SMILES string of the molecule is O=P(c1ccccc1)(c1ccccc1)[C@H](F)[C@H](O)c1ccccc1Cl. The summed E-state index contributed by atoms with van der Waals surface area (Å²) in [6.07, 6.45) is -1.60. The highest BCUT2D eigenvalue weighted by Gasteiger charge is 2.42. The zero-order chi connectivity index (χ0) is 17.9. The fourth-order valence-electron chi connectivity index (χ4n) is 2.79. The summed E-state index contributed by atoms with van der Waals surface area (Å²) in [5.74, 6) is -2.02. The van der Waals surface area contributed by atoms with Gasteiger partial charge in [-0.3, -0.25) is 0 Å². The first-order chi connectivity index (χ1) is 12.0. The van der Waals surface area contributed by atoms with Crippen LogP contribution in [0.25, 0.3) is 0 Å². The molecule has 5 heteroatoms. The zero-order valence-corrected chi connectivity index (χ0v) is 14.9. The summed E-state index contributed by atoms with van der Waals surface area (Å²) in [4.78, 5) is 0. The van der Waals surface area contributed by atoms with Gasteiger partial charge in [0.15, 0.2) is 13.1 Å². The minimum Gasteiger partial charge on any atom is -0.385 e. The Morgan fingerprint density at radius 3 is 1.72 bits per heavy atom. The number of aliphatic hydroxyl groups is 1. The van der Waals surface area contributed by atoms with Gasteiger partial charge >= 0.3 is 0 Å². The summed E-state index contributed by atoms with van der Waals surface area (Å²) in [6, 6.07) is 23.3. The lowest BCUT2D eigenvalue weighted by Gasteiger charge is -2.27. The van der Waals surface area contributed by atoms with E-state index in [1.807, 2.05) is 0 Å². The third-order valence-electron chi connectivity index (χ3n) is 4.11. The molecular weight excluding hydrogens is 358 g/mol. The van der Waals surface area contributed by atoms with E-state index in [-0.39, 0.29) is 10.6 Å². The van der Waals surface area contributed by atoms with Crippen molar-refractivity contribution in [1.82, 2.24) is 0 Å². The van der Waals surface area contributed by atoms with Crippen LogP contribution >= 0.6 is 18.7 Å². The maximum Gasteiger partial charge on any atom is 0.190 e. The van der Waals surface area contributed by atoms with Gasteiger partial charge in [0.2, 0.25) is 0 Å². The van der Waals surface area contributed by atoms with Crippen molar-refractivity contribution in [2.75, 3.05) is 0 Å². The van der Waals surface area contributed by atoms with Crippen LogP contribution in [-0.2, 0) is 4.57 Å². The molecule has 3 aromatic carbocycles. The summed E-state index contributed by atoms with van der Waals surface area (Å²) < 4.78 is 29.4. The Balaban J connectivity index is 2.13. The Morgan fingerprint density at radius 2 is 1.24 bits per heavy atom. The lowest BCUT2D eigenvalue weighted by Crippen LogP contribution is -2.27. The summed E-state index contributed by atoms with van der Waals surface area (Å²) in [6.45, 7) is 0. The molecule has 0 saturated carbocycles. The Hall–Kier alpha value is -1.93. The molecule has 0 saturated heterocycles. The highest BCUT2D eigenvalue weighted by Crippen LogP contribution is 2.54. The van der Waals surface area contributed by atoms with E-state index in [2.05, 4.69) is 0 Å². The smallest absolute Gasteiger partial charge is 0.190 e. The fourth-order valence-corrected chi connectivity index (χ4v) is 5.70. The number of aliphatic hydroxyl groups excluding tert-OH is 1. The third kappa shape index (κ3) is 3.41. The Labute approximate surface area is 151 Å². The summed E-state index contributed by atoms with van der Waals surface area (Å²) in [5.41, 5.74) is 0.226. The molecule has 0 spiro atoms. The third-order valence-corrected chi connectivity index (χ3v) is 7.56. The van der Waals surface area contributed by atoms with Crippen LogP contribution in [-0.4, -0.2) is 11.0 Å². The van der Waals surface area contributed by atoms with Gasteiger partial charge in [-0.05, 0) is 6.07 Å². The van der Waals surface area contributed by atoms with Gasteiger partial charge in [0.05, 0.1) is 0 Å². The molecule has 1 N–H and O–H groups in total. The predicted octanol–water partition coefficient (Wildman–Crippen LogP) is 4.68. The fraction of sp³-hybridized carbons (Fsp3) is 0.100. The number of benzene rings is 3. The van der Waals surface area contributed by atoms with Crippen molar-refractivity contribution in [3.8, 4) is 0 Å². The van der Waals surface area contributed by atoms with E-state index in [0.29, 0.717) is 10.6 Å². The van der Waals surface area contributed by atoms with Gasteiger partial charge in [0.25, 0.3) is 0 Å². The standard InChI is InChI=1S/C20H17ClFO2P/c21-18-14-8-7-13-17(18)19(23)20(22)25(24,15-9-3-1-4-10-15)16-11-5-2-6-12-16/h1-14,19-20,23H/t19-,20+/m1/s1. The zero-order valence-electron chi connectivity index (χ0n) is 13.3. The number of hydrogen-bond acceptors (Lipinski definition) is 2. The average Bonchev–Trinajstić information content (AvgIpc) is 2.68. The normalized spacial score (nSPS) is 14.0. The van der Waals surface area contributed by atoms with E-state index in [9.17, 15) is 9.67 Å². The van der Waals surface area contributed by atoms with Crippen LogP contribution in [0, 0.1) is 0 Å². The number of alkyl halides is 1. The molecule has 0 aliphatic carbocycles. The van der Waals surface area contributed by atoms with Gasteiger partial charge in [0.1, 0.15) is 6.10 Å². The second kappa shape index (κ2) is 7.53. The van der Waals surface area contributed by atoms with Crippen molar-refractivity contribution in [1.29, 1.82) is 0 Å². The molecule has 0 bridgehead atoms. The van der Waals surface area contributed by atoms with E-state index in [1.165, 1.54) is 0 Å². The largest absolute Gasteiger partial charge is 0.385 e. The summed E-state index contributed by atoms with van der Waals surface area (Å²) >= 11 is 6.09. The Morgan fingerprint density at radius 1 is 0.800 bits per heavy atom. The van der Waals surface area contributed by atoms with E-state index in [0.717, 1.165) is 0 Å². The molecule has 0 amide bonds. The maximum absolute atomic E-state index is 15.5. The molecule has 0 fully saturated rings. The predicted molar refractivity (Wildman–Crippen MR) is 101 cm³/mol. The molecular formula is C20H17ClFO2P. The van der Waals surface area contributed by atoms with E-state index in [4.69, 9.17) is 11.6 Å². The van der Waals surface area contributed by atoms with Crippen molar-refractivity contribution in [3.63, 3.8) is 0 Å². The van der Waals surface area contributed by atoms with Crippen molar-refractivity contribution in [3.05, 3.63) is 95.5 Å². The maximum atomic E-state index is 15.5. The molecule has 25 heavy (non-hydrogen) atoms. The molecule has 0 aliphatic rings. The van der Waals surface area contributed by atoms with Crippen LogP contribution in [0.2, 0.25) is 5.02 Å². The molecule has 128 valence electrons. The molecule has 0 aliphatic heterocycles. The second-order valence-electron chi connectivity index (χ2n) is 5.67. The van der Waals surface area contributed by atoms with Crippen LogP contribution in [0.3, 0.4) is 0 Å². The van der Waals surface area contributed by atoms with Crippen molar-refractivity contribution in [2.24, 2.45) is 0 Å². The van der Waals surface area contributed by atoms with E-state index < -0.39 is 19.2 Å². The molecule has 0 heterocycles. The highest BCUT2D eigenvalue weighted by atomic mass is 35.5. The topological polar surface area (TPSA) is 37.3 Å². The van der Waals surface area contributed by atoms with Gasteiger partial charge in [-0.2, -0.15) is 0 Å². The lowest BCUT2D eigenvalue weighted by molar-refractivity contribution is 0.119. The molecule has 3 rings (SSSR count). The van der Waals surface area contributed by atoms with Crippen LogP contribution < -0.4 is 10.6 Å². The van der Waals surface area contributed by atoms with Crippen molar-refractivity contribution in [2.45, 2.75) is 12.0 Å². The Kier molecular flexibility index (Phi) is 5.39. The minimum absolute atomic E-state index is 0.226. The highest BCUT2D eigenvalue weighted by molar-refractivity contribution is 7.79. The summed E-state index contributed by atoms with van der Waals surface area (Å²) in [5, 5.41) is 11.6. The van der Waals surface area contributed by atoms with Crippen LogP contribution in [0.4, 0.5) is 4.39 Å². The van der Waals surface area contributed by atoms with Gasteiger partial charge in [-0.1, -0.05) is 90.5 Å². The van der Waals surface area contributed by atoms with E-state index >= 15 is 4.39 Å². The lowest BCUT2D eigenvalue weighted by atomic mass is 10.1. The van der Waals surface area contributed by atoms with Gasteiger partial charge in [-0.25, -0.2) is 4.39 Å². The van der Waals surface area contributed by atoms with Gasteiger partial charge < -0.3 is 9.67 Å². The molecule has 0 aromatic heterocycles. The quantitative estimate of drug-likeness (QED) is 0.658. The van der Waals surface area contributed by atoms with Gasteiger partial charge in [-0.15, -0.1) is 0 Å². The first-order valence-electron chi connectivity index (χ1n) is 7.82. The van der Waals surface area contributed by atoms with Crippen LogP contribution in [0.1, 0.15) is 11.7 Å². The molecule has 3 aromatic rings. The van der Waals surface area contributed by atoms with E-state index in [1.54, 1.807) is 84.9 Å². The molecule has 0 unspecified atom stereocenters. The average molecular weight is 375 g/mol. The Bertz CT molecular complexity index is 843. The summed E-state index contributed by atoms with van der Waals surface area (Å²) in [7, 11) is -3.73. The number of hydrogen-bond donors (Lipinski definition) is 1. The van der Waals surface area contributed by atoms with Crippen molar-refractivity contribution >= 4 is 29.4 Å².